The minimum Gasteiger partial charge on any atom is -0.357 e. The standard InChI is InChI=1S/C19H23FN4O.HI/c1-3-21-19(24(2)14-15-8-5-4-6-9-15)22-13-18(25)23-17-11-7-10-16(20)12-17;/h4-12H,3,13-14H2,1-2H3,(H,21,22)(H,23,25);1H. The Labute approximate surface area is 170 Å². The van der Waals surface area contributed by atoms with Crippen LogP contribution in [-0.4, -0.2) is 36.9 Å². The van der Waals surface area contributed by atoms with Crippen LogP contribution in [0.15, 0.2) is 59.6 Å². The van der Waals surface area contributed by atoms with Crippen LogP contribution in [0.3, 0.4) is 0 Å². The molecule has 0 fully saturated rings. The molecule has 0 spiro atoms. The largest absolute Gasteiger partial charge is 0.357 e. The second kappa shape index (κ2) is 11.5. The highest BCUT2D eigenvalue weighted by molar-refractivity contribution is 14.0. The number of hydrogen-bond acceptors (Lipinski definition) is 2. The average Bonchev–Trinajstić information content (AvgIpc) is 2.59. The van der Waals surface area contributed by atoms with Crippen molar-refractivity contribution in [3.05, 3.63) is 66.0 Å². The molecule has 5 nitrogen and oxygen atoms in total. The van der Waals surface area contributed by atoms with Crippen molar-refractivity contribution < 1.29 is 9.18 Å². The molecule has 1 amide bonds. The first kappa shape index (κ1) is 21.9. The summed E-state index contributed by atoms with van der Waals surface area (Å²) in [5.41, 5.74) is 1.57. The fourth-order valence-corrected chi connectivity index (χ4v) is 2.32. The number of anilines is 1. The van der Waals surface area contributed by atoms with Gasteiger partial charge in [-0.3, -0.25) is 4.79 Å². The van der Waals surface area contributed by atoms with Crippen LogP contribution in [0.1, 0.15) is 12.5 Å². The molecule has 7 heteroatoms. The highest BCUT2D eigenvalue weighted by Gasteiger charge is 2.08. The van der Waals surface area contributed by atoms with Gasteiger partial charge in [-0.15, -0.1) is 24.0 Å². The van der Waals surface area contributed by atoms with E-state index in [1.165, 1.54) is 12.1 Å². The third-order valence-electron chi connectivity index (χ3n) is 3.44. The maximum atomic E-state index is 13.1. The molecule has 0 aliphatic rings. The maximum absolute atomic E-state index is 13.1. The summed E-state index contributed by atoms with van der Waals surface area (Å²) < 4.78 is 13.1. The molecule has 0 saturated carbocycles. The number of guanidine groups is 1. The van der Waals surface area contributed by atoms with E-state index >= 15 is 0 Å². The summed E-state index contributed by atoms with van der Waals surface area (Å²) in [5, 5.41) is 5.80. The van der Waals surface area contributed by atoms with Crippen LogP contribution in [0.25, 0.3) is 0 Å². The van der Waals surface area contributed by atoms with E-state index in [1.807, 2.05) is 49.2 Å². The number of hydrogen-bond donors (Lipinski definition) is 2. The van der Waals surface area contributed by atoms with Crippen LogP contribution < -0.4 is 10.6 Å². The first-order valence-electron chi connectivity index (χ1n) is 8.17. The molecule has 0 aromatic heterocycles. The second-order valence-electron chi connectivity index (χ2n) is 5.57. The molecule has 0 aliphatic carbocycles. The molecule has 140 valence electrons. The molecule has 2 aromatic rings. The van der Waals surface area contributed by atoms with Gasteiger partial charge in [-0.2, -0.15) is 0 Å². The highest BCUT2D eigenvalue weighted by Crippen LogP contribution is 2.09. The zero-order valence-corrected chi connectivity index (χ0v) is 17.2. The van der Waals surface area contributed by atoms with E-state index in [1.54, 1.807) is 12.1 Å². The number of nitrogens with zero attached hydrogens (tertiary/aromatic N) is 2. The zero-order valence-electron chi connectivity index (χ0n) is 14.9. The molecule has 2 rings (SSSR count). The number of rotatable bonds is 6. The lowest BCUT2D eigenvalue weighted by Crippen LogP contribution is -2.39. The Morgan fingerprint density at radius 2 is 1.88 bits per heavy atom. The Kier molecular flexibility index (Phi) is 9.64. The van der Waals surface area contributed by atoms with Crippen molar-refractivity contribution in [3.8, 4) is 0 Å². The number of halogens is 2. The van der Waals surface area contributed by atoms with Crippen LogP contribution in [0.4, 0.5) is 10.1 Å². The van der Waals surface area contributed by atoms with Crippen LogP contribution in [-0.2, 0) is 11.3 Å². The fourth-order valence-electron chi connectivity index (χ4n) is 2.32. The summed E-state index contributed by atoms with van der Waals surface area (Å²) in [4.78, 5) is 18.3. The second-order valence-corrected chi connectivity index (χ2v) is 5.57. The summed E-state index contributed by atoms with van der Waals surface area (Å²) in [6, 6.07) is 15.8. The van der Waals surface area contributed by atoms with E-state index in [0.717, 1.165) is 5.56 Å². The Morgan fingerprint density at radius 1 is 1.15 bits per heavy atom. The molecule has 2 N–H and O–H groups in total. The third kappa shape index (κ3) is 7.38. The predicted molar refractivity (Wildman–Crippen MR) is 114 cm³/mol. The maximum Gasteiger partial charge on any atom is 0.246 e. The molecular formula is C19H24FIN4O. The minimum absolute atomic E-state index is 0. The minimum atomic E-state index is -0.391. The van der Waals surface area contributed by atoms with E-state index in [4.69, 9.17) is 0 Å². The van der Waals surface area contributed by atoms with Gasteiger partial charge < -0.3 is 15.5 Å². The first-order chi connectivity index (χ1) is 12.1. The lowest BCUT2D eigenvalue weighted by molar-refractivity contribution is -0.114. The van der Waals surface area contributed by atoms with Gasteiger partial charge in [0.1, 0.15) is 12.4 Å². The normalized spacial score (nSPS) is 10.7. The van der Waals surface area contributed by atoms with Crippen molar-refractivity contribution in [2.24, 2.45) is 4.99 Å². The Hall–Kier alpha value is -2.16. The van der Waals surface area contributed by atoms with Crippen molar-refractivity contribution in [2.75, 3.05) is 25.5 Å². The van der Waals surface area contributed by atoms with E-state index in [0.29, 0.717) is 24.7 Å². The molecule has 26 heavy (non-hydrogen) atoms. The van der Waals surface area contributed by atoms with Gasteiger partial charge in [0.25, 0.3) is 0 Å². The number of aliphatic imine (C=N–C) groups is 1. The topological polar surface area (TPSA) is 56.7 Å². The molecule has 0 heterocycles. The van der Waals surface area contributed by atoms with Crippen molar-refractivity contribution in [3.63, 3.8) is 0 Å². The highest BCUT2D eigenvalue weighted by atomic mass is 127. The number of carbonyl (C=O) groups is 1. The van der Waals surface area contributed by atoms with Gasteiger partial charge in [0.05, 0.1) is 0 Å². The van der Waals surface area contributed by atoms with Crippen molar-refractivity contribution in [1.29, 1.82) is 0 Å². The molecule has 0 atom stereocenters. The molecule has 2 aromatic carbocycles. The molecule has 0 bridgehead atoms. The van der Waals surface area contributed by atoms with Gasteiger partial charge in [0, 0.05) is 25.8 Å². The predicted octanol–water partition coefficient (Wildman–Crippen LogP) is 3.48. The number of amides is 1. The van der Waals surface area contributed by atoms with Crippen LogP contribution in [0.5, 0.6) is 0 Å². The van der Waals surface area contributed by atoms with Gasteiger partial charge in [0.15, 0.2) is 5.96 Å². The van der Waals surface area contributed by atoms with Crippen molar-refractivity contribution in [2.45, 2.75) is 13.5 Å². The summed E-state index contributed by atoms with van der Waals surface area (Å²) in [5.74, 6) is -0.0490. The quantitative estimate of drug-likeness (QED) is 0.386. The van der Waals surface area contributed by atoms with Crippen LogP contribution in [0, 0.1) is 5.82 Å². The molecule has 0 radical (unpaired) electrons. The first-order valence-corrected chi connectivity index (χ1v) is 8.17. The average molecular weight is 470 g/mol. The van der Waals surface area contributed by atoms with Crippen molar-refractivity contribution >= 4 is 41.5 Å². The molecule has 0 saturated heterocycles. The lowest BCUT2D eigenvalue weighted by atomic mass is 10.2. The van der Waals surface area contributed by atoms with Gasteiger partial charge in [-0.05, 0) is 30.7 Å². The van der Waals surface area contributed by atoms with E-state index < -0.39 is 5.82 Å². The molecule has 0 unspecified atom stereocenters. The van der Waals surface area contributed by atoms with E-state index in [9.17, 15) is 9.18 Å². The van der Waals surface area contributed by atoms with Gasteiger partial charge in [-0.1, -0.05) is 36.4 Å². The number of benzene rings is 2. The molecular weight excluding hydrogens is 446 g/mol. The smallest absolute Gasteiger partial charge is 0.246 e. The molecule has 0 aliphatic heterocycles. The Balaban J connectivity index is 0.00000338. The SMILES string of the molecule is CCNC(=NCC(=O)Nc1cccc(F)c1)N(C)Cc1ccccc1.I. The number of carbonyl (C=O) groups excluding carboxylic acids is 1. The van der Waals surface area contributed by atoms with Crippen molar-refractivity contribution in [1.82, 2.24) is 10.2 Å². The summed E-state index contributed by atoms with van der Waals surface area (Å²) in [6.45, 7) is 3.30. The monoisotopic (exact) mass is 470 g/mol. The summed E-state index contributed by atoms with van der Waals surface area (Å²) in [6.07, 6.45) is 0. The summed E-state index contributed by atoms with van der Waals surface area (Å²) >= 11 is 0. The van der Waals surface area contributed by atoms with E-state index in [2.05, 4.69) is 15.6 Å². The Bertz CT molecular complexity index is 724. The van der Waals surface area contributed by atoms with Gasteiger partial charge in [-0.25, -0.2) is 9.38 Å². The van der Waals surface area contributed by atoms with Gasteiger partial charge >= 0.3 is 0 Å². The van der Waals surface area contributed by atoms with Gasteiger partial charge in [0.2, 0.25) is 5.91 Å². The van der Waals surface area contributed by atoms with E-state index in [-0.39, 0.29) is 36.4 Å². The Morgan fingerprint density at radius 3 is 2.54 bits per heavy atom. The fraction of sp³-hybridized carbons (Fsp3) is 0.263. The summed E-state index contributed by atoms with van der Waals surface area (Å²) in [7, 11) is 1.92. The number of nitrogens with one attached hydrogen (secondary N) is 2. The lowest BCUT2D eigenvalue weighted by Gasteiger charge is -2.22. The van der Waals surface area contributed by atoms with Crippen LogP contribution in [0.2, 0.25) is 0 Å². The zero-order chi connectivity index (χ0) is 18.1. The third-order valence-corrected chi connectivity index (χ3v) is 3.44. The van der Waals surface area contributed by atoms with Crippen LogP contribution >= 0.6 is 24.0 Å².